The fourth-order valence-electron chi connectivity index (χ4n) is 4.82. The lowest BCUT2D eigenvalue weighted by Crippen LogP contribution is -2.68. The third kappa shape index (κ3) is 5.51. The van der Waals surface area contributed by atoms with Gasteiger partial charge in [-0.15, -0.1) is 0 Å². The van der Waals surface area contributed by atoms with Gasteiger partial charge >= 0.3 is 5.97 Å². The Labute approximate surface area is 194 Å². The average molecular weight is 455 g/mol. The number of ether oxygens (including phenoxy) is 2. The van der Waals surface area contributed by atoms with Crippen molar-refractivity contribution in [2.75, 3.05) is 0 Å². The molecule has 1 saturated heterocycles. The van der Waals surface area contributed by atoms with E-state index in [0.29, 0.717) is 0 Å². The SMILES string of the molecule is CCCC[C@H](O[Si](c1ccccc1)(c1ccccc1)C(C)(C)C)[C@@H]1CCC(OC(C)=O)O1. The standard InChI is InChI=1S/C27H38O4Si/c1-6-7-18-25(24-19-20-26(30-24)29-21(2)28)31-32(27(3,4)5,22-14-10-8-11-15-22)23-16-12-9-13-17-23/h8-17,24-26H,6-7,18-20H2,1-5H3/t24-,25-,26?/m0/s1. The topological polar surface area (TPSA) is 44.8 Å². The van der Waals surface area contributed by atoms with Crippen molar-refractivity contribution in [2.45, 2.75) is 90.3 Å². The Kier molecular flexibility index (Phi) is 8.31. The summed E-state index contributed by atoms with van der Waals surface area (Å²) in [5.41, 5.74) is 0. The molecule has 3 rings (SSSR count). The molecule has 0 N–H and O–H groups in total. The van der Waals surface area contributed by atoms with Crippen LogP contribution in [0.1, 0.15) is 66.7 Å². The molecular weight excluding hydrogens is 416 g/mol. The van der Waals surface area contributed by atoms with Crippen molar-refractivity contribution in [3.63, 3.8) is 0 Å². The number of hydrogen-bond acceptors (Lipinski definition) is 4. The summed E-state index contributed by atoms with van der Waals surface area (Å²) >= 11 is 0. The summed E-state index contributed by atoms with van der Waals surface area (Å²) in [4.78, 5) is 11.5. The molecule has 3 atom stereocenters. The molecule has 4 nitrogen and oxygen atoms in total. The summed E-state index contributed by atoms with van der Waals surface area (Å²) in [5.74, 6) is -0.298. The van der Waals surface area contributed by atoms with Gasteiger partial charge in [-0.2, -0.15) is 0 Å². The zero-order chi connectivity index (χ0) is 23.2. The Hall–Kier alpha value is -1.95. The average Bonchev–Trinajstić information content (AvgIpc) is 3.22. The molecule has 1 aliphatic rings. The second-order valence-electron chi connectivity index (χ2n) is 9.75. The molecule has 1 aliphatic heterocycles. The zero-order valence-electron chi connectivity index (χ0n) is 20.2. The molecule has 1 heterocycles. The number of unbranched alkanes of at least 4 members (excludes halogenated alkanes) is 1. The van der Waals surface area contributed by atoms with Crippen molar-refractivity contribution >= 4 is 24.7 Å². The summed E-state index contributed by atoms with van der Waals surface area (Å²) in [7, 11) is -2.67. The molecular formula is C27H38O4Si. The summed E-state index contributed by atoms with van der Waals surface area (Å²) in [6, 6.07) is 21.5. The molecule has 2 aromatic rings. The van der Waals surface area contributed by atoms with E-state index in [1.54, 1.807) is 0 Å². The van der Waals surface area contributed by atoms with E-state index in [9.17, 15) is 4.79 Å². The van der Waals surface area contributed by atoms with Crippen molar-refractivity contribution in [2.24, 2.45) is 0 Å². The van der Waals surface area contributed by atoms with E-state index in [-0.39, 0.29) is 23.2 Å². The Morgan fingerprint density at radius 1 is 1.03 bits per heavy atom. The van der Waals surface area contributed by atoms with Crippen LogP contribution in [0.2, 0.25) is 5.04 Å². The van der Waals surface area contributed by atoms with Crippen LogP contribution in [0, 0.1) is 0 Å². The van der Waals surface area contributed by atoms with Gasteiger partial charge in [-0.3, -0.25) is 4.79 Å². The third-order valence-corrected chi connectivity index (χ3v) is 11.4. The normalized spacial score (nSPS) is 20.2. The molecule has 0 aliphatic carbocycles. The molecule has 1 unspecified atom stereocenters. The van der Waals surface area contributed by atoms with E-state index >= 15 is 0 Å². The van der Waals surface area contributed by atoms with Crippen molar-refractivity contribution < 1.29 is 18.7 Å². The first-order valence-electron chi connectivity index (χ1n) is 11.9. The number of rotatable bonds is 9. The minimum atomic E-state index is -2.67. The van der Waals surface area contributed by atoms with Gasteiger partial charge < -0.3 is 13.9 Å². The molecule has 2 aromatic carbocycles. The van der Waals surface area contributed by atoms with E-state index in [2.05, 4.69) is 88.4 Å². The Bertz CT molecular complexity index is 807. The van der Waals surface area contributed by atoms with Crippen LogP contribution in [0.4, 0.5) is 0 Å². The summed E-state index contributed by atoms with van der Waals surface area (Å²) < 4.78 is 19.0. The highest BCUT2D eigenvalue weighted by Crippen LogP contribution is 2.39. The molecule has 0 radical (unpaired) electrons. The minimum absolute atomic E-state index is 0.0539. The van der Waals surface area contributed by atoms with Gasteiger partial charge in [0.25, 0.3) is 8.32 Å². The number of carbonyl (C=O) groups is 1. The maximum Gasteiger partial charge on any atom is 0.304 e. The van der Waals surface area contributed by atoms with Gasteiger partial charge in [-0.1, -0.05) is 101 Å². The number of esters is 1. The number of hydrogen-bond donors (Lipinski definition) is 0. The molecule has 1 fully saturated rings. The van der Waals surface area contributed by atoms with Gasteiger partial charge in [-0.05, 0) is 28.3 Å². The largest absolute Gasteiger partial charge is 0.436 e. The predicted octanol–water partition coefficient (Wildman–Crippen LogP) is 5.19. The molecule has 0 saturated carbocycles. The van der Waals surface area contributed by atoms with Gasteiger partial charge in [0.1, 0.15) is 0 Å². The van der Waals surface area contributed by atoms with E-state index in [1.807, 2.05) is 0 Å². The van der Waals surface area contributed by atoms with Crippen LogP contribution in [0.25, 0.3) is 0 Å². The first-order chi connectivity index (χ1) is 15.3. The van der Waals surface area contributed by atoms with Crippen LogP contribution < -0.4 is 10.4 Å². The second-order valence-corrected chi connectivity index (χ2v) is 14.0. The minimum Gasteiger partial charge on any atom is -0.436 e. The second kappa shape index (κ2) is 10.8. The predicted molar refractivity (Wildman–Crippen MR) is 132 cm³/mol. The first-order valence-corrected chi connectivity index (χ1v) is 13.8. The van der Waals surface area contributed by atoms with Crippen molar-refractivity contribution in [1.82, 2.24) is 0 Å². The highest BCUT2D eigenvalue weighted by Gasteiger charge is 2.52. The molecule has 174 valence electrons. The fourth-order valence-corrected chi connectivity index (χ4v) is 9.56. The lowest BCUT2D eigenvalue weighted by Gasteiger charge is -2.46. The van der Waals surface area contributed by atoms with Crippen molar-refractivity contribution in [3.05, 3.63) is 60.7 Å². The lowest BCUT2D eigenvalue weighted by molar-refractivity contribution is -0.178. The van der Waals surface area contributed by atoms with Crippen molar-refractivity contribution in [3.8, 4) is 0 Å². The van der Waals surface area contributed by atoms with E-state index in [0.717, 1.165) is 32.1 Å². The van der Waals surface area contributed by atoms with Crippen LogP contribution in [0.5, 0.6) is 0 Å². The van der Waals surface area contributed by atoms with E-state index in [4.69, 9.17) is 13.9 Å². The molecule has 0 bridgehead atoms. The van der Waals surface area contributed by atoms with Crippen LogP contribution in [0.3, 0.4) is 0 Å². The molecule has 0 aromatic heterocycles. The zero-order valence-corrected chi connectivity index (χ0v) is 21.2. The van der Waals surface area contributed by atoms with Gasteiger partial charge in [0.2, 0.25) is 6.29 Å². The van der Waals surface area contributed by atoms with Gasteiger partial charge in [0, 0.05) is 13.3 Å². The summed E-state index contributed by atoms with van der Waals surface area (Å²) in [5, 5.41) is 2.46. The quantitative estimate of drug-likeness (QED) is 0.386. The monoisotopic (exact) mass is 454 g/mol. The summed E-state index contributed by atoms with van der Waals surface area (Å²) in [6.45, 7) is 10.5. The highest BCUT2D eigenvalue weighted by atomic mass is 28.4. The maximum absolute atomic E-state index is 11.5. The first kappa shape index (κ1) is 24.7. The van der Waals surface area contributed by atoms with Gasteiger partial charge in [-0.25, -0.2) is 0 Å². The number of carbonyl (C=O) groups excluding carboxylic acids is 1. The highest BCUT2D eigenvalue weighted by molar-refractivity contribution is 6.99. The van der Waals surface area contributed by atoms with Crippen LogP contribution in [-0.2, 0) is 18.7 Å². The summed E-state index contributed by atoms with van der Waals surface area (Å²) in [6.07, 6.45) is 4.06. The number of benzene rings is 2. The maximum atomic E-state index is 11.5. The van der Waals surface area contributed by atoms with Crippen LogP contribution in [-0.4, -0.2) is 32.8 Å². The lowest BCUT2D eigenvalue weighted by atomic mass is 10.1. The molecule has 5 heteroatoms. The Morgan fingerprint density at radius 3 is 2.06 bits per heavy atom. The Balaban J connectivity index is 2.03. The van der Waals surface area contributed by atoms with Crippen LogP contribution in [0.15, 0.2) is 60.7 Å². The Morgan fingerprint density at radius 2 is 1.59 bits per heavy atom. The van der Waals surface area contributed by atoms with Gasteiger partial charge in [0.15, 0.2) is 0 Å². The molecule has 32 heavy (non-hydrogen) atoms. The van der Waals surface area contributed by atoms with Crippen molar-refractivity contribution in [1.29, 1.82) is 0 Å². The molecule has 0 amide bonds. The molecule has 0 spiro atoms. The van der Waals surface area contributed by atoms with E-state index in [1.165, 1.54) is 17.3 Å². The third-order valence-electron chi connectivity index (χ3n) is 6.31. The van der Waals surface area contributed by atoms with Gasteiger partial charge in [0.05, 0.1) is 12.2 Å². The smallest absolute Gasteiger partial charge is 0.304 e. The van der Waals surface area contributed by atoms with Crippen LogP contribution >= 0.6 is 0 Å². The fraction of sp³-hybridized carbons (Fsp3) is 0.519. The van der Waals surface area contributed by atoms with E-state index < -0.39 is 14.6 Å².